The summed E-state index contributed by atoms with van der Waals surface area (Å²) in [5.74, 6) is -0.727. The SMILES string of the molecule is CC1=C(C(=O)OCc2ccccc2)[C@@H](c2ccncc2)C2=C(C[C@H](c3ccccc3)CC2=O)N1. The Labute approximate surface area is 199 Å². The molecule has 1 N–H and O–H groups in total. The van der Waals surface area contributed by atoms with Crippen molar-refractivity contribution >= 4 is 11.8 Å². The Bertz CT molecular complexity index is 1260. The molecule has 0 unspecified atom stereocenters. The van der Waals surface area contributed by atoms with Crippen LogP contribution in [0.1, 0.15) is 48.3 Å². The number of rotatable bonds is 5. The molecule has 1 aliphatic carbocycles. The van der Waals surface area contributed by atoms with Crippen molar-refractivity contribution in [2.45, 2.75) is 38.2 Å². The first-order valence-corrected chi connectivity index (χ1v) is 11.5. The lowest BCUT2D eigenvalue weighted by Gasteiger charge is -2.36. The van der Waals surface area contributed by atoms with E-state index in [1.54, 1.807) is 12.4 Å². The molecule has 0 spiro atoms. The maximum Gasteiger partial charge on any atom is 0.337 e. The van der Waals surface area contributed by atoms with Gasteiger partial charge >= 0.3 is 5.97 Å². The van der Waals surface area contributed by atoms with Crippen LogP contribution in [0.3, 0.4) is 0 Å². The molecule has 0 amide bonds. The molecule has 0 fully saturated rings. The number of esters is 1. The first kappa shape index (κ1) is 21.8. The number of pyridine rings is 1. The zero-order chi connectivity index (χ0) is 23.5. The quantitative estimate of drug-likeness (QED) is 0.542. The van der Waals surface area contributed by atoms with E-state index in [1.807, 2.05) is 67.6 Å². The molecular formula is C29H26N2O3. The van der Waals surface area contributed by atoms with Gasteiger partial charge in [0.05, 0.1) is 5.57 Å². The number of nitrogens with one attached hydrogen (secondary N) is 1. The number of ketones is 1. The maximum atomic E-state index is 13.6. The molecule has 0 saturated carbocycles. The molecule has 34 heavy (non-hydrogen) atoms. The summed E-state index contributed by atoms with van der Waals surface area (Å²) in [5.41, 5.74) is 5.69. The maximum absolute atomic E-state index is 13.6. The minimum absolute atomic E-state index is 0.0604. The van der Waals surface area contributed by atoms with E-state index in [-0.39, 0.29) is 18.3 Å². The summed E-state index contributed by atoms with van der Waals surface area (Å²) in [4.78, 5) is 31.1. The van der Waals surface area contributed by atoms with Crippen molar-refractivity contribution in [3.8, 4) is 0 Å². The Morgan fingerprint density at radius 3 is 2.32 bits per heavy atom. The van der Waals surface area contributed by atoms with E-state index in [0.717, 1.165) is 34.5 Å². The average molecular weight is 451 g/mol. The van der Waals surface area contributed by atoms with Crippen molar-refractivity contribution < 1.29 is 14.3 Å². The summed E-state index contributed by atoms with van der Waals surface area (Å²) in [6.45, 7) is 2.06. The number of carbonyl (C=O) groups is 2. The molecule has 2 aromatic carbocycles. The van der Waals surface area contributed by atoms with Crippen LogP contribution in [0.2, 0.25) is 0 Å². The molecule has 5 nitrogen and oxygen atoms in total. The van der Waals surface area contributed by atoms with Crippen molar-refractivity contribution in [3.63, 3.8) is 0 Å². The standard InChI is InChI=1S/C29H26N2O3/c1-19-26(29(33)34-18-20-8-4-2-5-9-20)27(22-12-14-30-15-13-22)28-24(31-19)16-23(17-25(28)32)21-10-6-3-7-11-21/h2-15,23,27,31H,16-18H2,1H3/t23-,27+/m0/s1. The third-order valence-electron chi connectivity index (χ3n) is 6.57. The van der Waals surface area contributed by atoms with Gasteiger partial charge in [-0.15, -0.1) is 0 Å². The molecule has 0 radical (unpaired) electrons. The van der Waals surface area contributed by atoms with E-state index >= 15 is 0 Å². The average Bonchev–Trinajstić information content (AvgIpc) is 2.88. The molecule has 0 bridgehead atoms. The second-order valence-corrected chi connectivity index (χ2v) is 8.77. The minimum Gasteiger partial charge on any atom is -0.457 e. The third-order valence-corrected chi connectivity index (χ3v) is 6.57. The second kappa shape index (κ2) is 9.48. The molecule has 5 heteroatoms. The highest BCUT2D eigenvalue weighted by Crippen LogP contribution is 2.45. The van der Waals surface area contributed by atoms with Gasteiger partial charge < -0.3 is 10.1 Å². The van der Waals surface area contributed by atoms with Crippen LogP contribution in [0.15, 0.2) is 108 Å². The highest BCUT2D eigenvalue weighted by atomic mass is 16.5. The van der Waals surface area contributed by atoms with Gasteiger partial charge in [0, 0.05) is 41.7 Å². The topological polar surface area (TPSA) is 68.3 Å². The van der Waals surface area contributed by atoms with Crippen molar-refractivity contribution in [2.24, 2.45) is 0 Å². The second-order valence-electron chi connectivity index (χ2n) is 8.77. The number of dihydropyridines is 1. The summed E-state index contributed by atoms with van der Waals surface area (Å²) in [6, 6.07) is 23.5. The van der Waals surface area contributed by atoms with E-state index in [1.165, 1.54) is 0 Å². The zero-order valence-electron chi connectivity index (χ0n) is 19.0. The largest absolute Gasteiger partial charge is 0.457 e. The number of nitrogens with zero attached hydrogens (tertiary/aromatic N) is 1. The first-order valence-electron chi connectivity index (χ1n) is 11.5. The van der Waals surface area contributed by atoms with E-state index in [9.17, 15) is 9.59 Å². The van der Waals surface area contributed by atoms with Gasteiger partial charge in [0.2, 0.25) is 0 Å². The monoisotopic (exact) mass is 450 g/mol. The van der Waals surface area contributed by atoms with Gasteiger partial charge in [0.1, 0.15) is 6.61 Å². The van der Waals surface area contributed by atoms with E-state index in [4.69, 9.17) is 4.74 Å². The fourth-order valence-electron chi connectivity index (χ4n) is 4.96. The van der Waals surface area contributed by atoms with Crippen LogP contribution < -0.4 is 5.32 Å². The van der Waals surface area contributed by atoms with E-state index < -0.39 is 11.9 Å². The van der Waals surface area contributed by atoms with Crippen LogP contribution in [0.25, 0.3) is 0 Å². The predicted molar refractivity (Wildman–Crippen MR) is 130 cm³/mol. The number of hydrogen-bond donors (Lipinski definition) is 1. The Morgan fingerprint density at radius 1 is 0.941 bits per heavy atom. The summed E-state index contributed by atoms with van der Waals surface area (Å²) in [7, 11) is 0. The summed E-state index contributed by atoms with van der Waals surface area (Å²) >= 11 is 0. The Hall–Kier alpha value is -3.99. The van der Waals surface area contributed by atoms with Crippen molar-refractivity contribution in [2.75, 3.05) is 0 Å². The van der Waals surface area contributed by atoms with Gasteiger partial charge in [-0.25, -0.2) is 4.79 Å². The van der Waals surface area contributed by atoms with Crippen LogP contribution in [-0.2, 0) is 20.9 Å². The van der Waals surface area contributed by atoms with Crippen LogP contribution in [0.5, 0.6) is 0 Å². The fraction of sp³-hybridized carbons (Fsp3) is 0.207. The van der Waals surface area contributed by atoms with Gasteiger partial charge in [-0.1, -0.05) is 60.7 Å². The van der Waals surface area contributed by atoms with Gasteiger partial charge in [0.15, 0.2) is 5.78 Å². The number of Topliss-reactive ketones (excluding diaryl/α,β-unsaturated/α-hetero) is 1. The molecule has 1 aromatic heterocycles. The minimum atomic E-state index is -0.480. The van der Waals surface area contributed by atoms with Crippen LogP contribution in [-0.4, -0.2) is 16.7 Å². The van der Waals surface area contributed by atoms with Crippen molar-refractivity contribution in [3.05, 3.63) is 124 Å². The van der Waals surface area contributed by atoms with E-state index in [2.05, 4.69) is 22.4 Å². The third kappa shape index (κ3) is 4.29. The first-order chi connectivity index (χ1) is 16.6. The van der Waals surface area contributed by atoms with Gasteiger partial charge in [-0.05, 0) is 48.1 Å². The number of allylic oxidation sites excluding steroid dienone is 3. The lowest BCUT2D eigenvalue weighted by atomic mass is 9.72. The highest BCUT2D eigenvalue weighted by molar-refractivity contribution is 6.04. The van der Waals surface area contributed by atoms with Gasteiger partial charge in [0.25, 0.3) is 0 Å². The number of ether oxygens (including phenoxy) is 1. The smallest absolute Gasteiger partial charge is 0.337 e. The highest BCUT2D eigenvalue weighted by Gasteiger charge is 2.41. The Morgan fingerprint density at radius 2 is 1.62 bits per heavy atom. The molecular weight excluding hydrogens is 424 g/mol. The summed E-state index contributed by atoms with van der Waals surface area (Å²) in [5, 5.41) is 3.40. The molecule has 5 rings (SSSR count). The Balaban J connectivity index is 1.50. The van der Waals surface area contributed by atoms with Crippen molar-refractivity contribution in [1.82, 2.24) is 10.3 Å². The van der Waals surface area contributed by atoms with Crippen LogP contribution >= 0.6 is 0 Å². The molecule has 1 aliphatic heterocycles. The predicted octanol–water partition coefficient (Wildman–Crippen LogP) is 5.19. The zero-order valence-corrected chi connectivity index (χ0v) is 19.0. The molecule has 2 atom stereocenters. The molecule has 0 saturated heterocycles. The summed E-state index contributed by atoms with van der Waals surface area (Å²) < 4.78 is 5.71. The lowest BCUT2D eigenvalue weighted by molar-refractivity contribution is -0.140. The number of carbonyl (C=O) groups excluding carboxylic acids is 2. The van der Waals surface area contributed by atoms with Crippen molar-refractivity contribution in [1.29, 1.82) is 0 Å². The van der Waals surface area contributed by atoms with Gasteiger partial charge in [-0.3, -0.25) is 9.78 Å². The number of aromatic nitrogens is 1. The van der Waals surface area contributed by atoms with Gasteiger partial charge in [-0.2, -0.15) is 0 Å². The van der Waals surface area contributed by atoms with Crippen LogP contribution in [0.4, 0.5) is 0 Å². The number of benzene rings is 2. The molecule has 2 heterocycles. The number of hydrogen-bond acceptors (Lipinski definition) is 5. The summed E-state index contributed by atoms with van der Waals surface area (Å²) in [6.07, 6.45) is 4.52. The lowest BCUT2D eigenvalue weighted by Crippen LogP contribution is -2.36. The van der Waals surface area contributed by atoms with Crippen LogP contribution in [0, 0.1) is 0 Å². The Kier molecular flexibility index (Phi) is 6.09. The molecule has 3 aromatic rings. The molecule has 2 aliphatic rings. The fourth-order valence-corrected chi connectivity index (χ4v) is 4.96. The molecule has 170 valence electrons. The normalized spacial score (nSPS) is 20.0. The van der Waals surface area contributed by atoms with E-state index in [0.29, 0.717) is 17.6 Å².